The highest BCUT2D eigenvalue weighted by molar-refractivity contribution is 7.09. The van der Waals surface area contributed by atoms with Gasteiger partial charge in [-0.3, -0.25) is 9.78 Å². The van der Waals surface area contributed by atoms with Gasteiger partial charge in [0.05, 0.1) is 28.3 Å². The lowest BCUT2D eigenvalue weighted by Crippen LogP contribution is -2.26. The van der Waals surface area contributed by atoms with Crippen molar-refractivity contribution >= 4 is 33.8 Å². The third kappa shape index (κ3) is 4.08. The number of fused-ring (bicyclic) bond motifs is 1. The molecule has 0 atom stereocenters. The van der Waals surface area contributed by atoms with Gasteiger partial charge in [-0.15, -0.1) is 11.3 Å². The largest absolute Gasteiger partial charge is 0.397 e. The van der Waals surface area contributed by atoms with Crippen LogP contribution in [0.2, 0.25) is 0 Å². The number of rotatable bonds is 6. The molecule has 3 rings (SSSR count). The first-order valence-electron chi connectivity index (χ1n) is 7.93. The van der Waals surface area contributed by atoms with Crippen molar-refractivity contribution in [3.05, 3.63) is 52.1 Å². The predicted molar refractivity (Wildman–Crippen MR) is 98.0 cm³/mol. The van der Waals surface area contributed by atoms with Crippen LogP contribution in [0.3, 0.4) is 0 Å². The van der Waals surface area contributed by atoms with Gasteiger partial charge in [0.1, 0.15) is 0 Å². The molecule has 124 valence electrons. The van der Waals surface area contributed by atoms with Crippen LogP contribution in [0.15, 0.2) is 35.7 Å². The molecule has 0 spiro atoms. The van der Waals surface area contributed by atoms with Crippen molar-refractivity contribution in [3.63, 3.8) is 0 Å². The summed E-state index contributed by atoms with van der Waals surface area (Å²) in [7, 11) is 0. The first-order chi connectivity index (χ1) is 11.6. The van der Waals surface area contributed by atoms with Crippen molar-refractivity contribution in [1.82, 2.24) is 15.3 Å². The number of nitrogens with zero attached hydrogens (tertiary/aromatic N) is 2. The second kappa shape index (κ2) is 7.40. The summed E-state index contributed by atoms with van der Waals surface area (Å²) in [5.74, 6) is -0.0216. The van der Waals surface area contributed by atoms with Gasteiger partial charge in [-0.1, -0.05) is 18.2 Å². The molecule has 0 radical (unpaired) electrons. The predicted octanol–water partition coefficient (Wildman–Crippen LogP) is 2.87. The van der Waals surface area contributed by atoms with Crippen LogP contribution < -0.4 is 11.1 Å². The van der Waals surface area contributed by atoms with E-state index in [1.165, 1.54) is 0 Å². The van der Waals surface area contributed by atoms with Crippen LogP contribution in [-0.4, -0.2) is 22.4 Å². The molecule has 0 aliphatic heterocycles. The molecule has 2 aromatic heterocycles. The Morgan fingerprint density at radius 1 is 1.25 bits per heavy atom. The summed E-state index contributed by atoms with van der Waals surface area (Å²) >= 11 is 1.67. The molecule has 0 saturated heterocycles. The highest BCUT2D eigenvalue weighted by atomic mass is 32.1. The summed E-state index contributed by atoms with van der Waals surface area (Å²) in [6.07, 6.45) is 2.04. The van der Waals surface area contributed by atoms with Crippen molar-refractivity contribution in [3.8, 4) is 0 Å². The molecule has 0 aliphatic rings. The molecule has 0 bridgehead atoms. The van der Waals surface area contributed by atoms with Crippen LogP contribution in [0, 0.1) is 6.92 Å². The molecule has 5 nitrogen and oxygen atoms in total. The Morgan fingerprint density at radius 2 is 2.12 bits per heavy atom. The number of aryl methyl sites for hydroxylation is 2. The SMILES string of the molecule is Cc1csc(CCCNC(=O)Cc2ccc3cccc(N)c3n2)n1. The Labute approximate surface area is 144 Å². The van der Waals surface area contributed by atoms with Gasteiger partial charge in [0.25, 0.3) is 0 Å². The topological polar surface area (TPSA) is 80.9 Å². The standard InChI is InChI=1S/C18H20N4OS/c1-12-11-24-17(21-12)6-3-9-20-16(23)10-14-8-7-13-4-2-5-15(19)18(13)22-14/h2,4-5,7-8,11H,3,6,9-10,19H2,1H3,(H,20,23). The zero-order chi connectivity index (χ0) is 16.9. The minimum atomic E-state index is -0.0216. The van der Waals surface area contributed by atoms with Gasteiger partial charge in [0.2, 0.25) is 5.91 Å². The monoisotopic (exact) mass is 340 g/mol. The number of thiazole rings is 1. The summed E-state index contributed by atoms with van der Waals surface area (Å²) < 4.78 is 0. The lowest BCUT2D eigenvalue weighted by molar-refractivity contribution is -0.120. The van der Waals surface area contributed by atoms with Crippen LogP contribution in [0.25, 0.3) is 10.9 Å². The molecular formula is C18H20N4OS. The van der Waals surface area contributed by atoms with Gasteiger partial charge >= 0.3 is 0 Å². The van der Waals surface area contributed by atoms with Gasteiger partial charge in [0, 0.05) is 29.4 Å². The summed E-state index contributed by atoms with van der Waals surface area (Å²) in [6.45, 7) is 2.64. The fourth-order valence-electron chi connectivity index (χ4n) is 2.52. The van der Waals surface area contributed by atoms with E-state index in [2.05, 4.69) is 15.3 Å². The lowest BCUT2D eigenvalue weighted by Gasteiger charge is -2.06. The fourth-order valence-corrected chi connectivity index (χ4v) is 3.34. The molecule has 2 heterocycles. The highest BCUT2D eigenvalue weighted by Gasteiger charge is 2.07. The molecule has 1 amide bonds. The van der Waals surface area contributed by atoms with Crippen molar-refractivity contribution in [2.24, 2.45) is 0 Å². The second-order valence-electron chi connectivity index (χ2n) is 5.73. The number of para-hydroxylation sites is 1. The van der Waals surface area contributed by atoms with Gasteiger partial charge in [-0.25, -0.2) is 4.98 Å². The number of amides is 1. The quantitative estimate of drug-likeness (QED) is 0.534. The van der Waals surface area contributed by atoms with E-state index in [4.69, 9.17) is 5.73 Å². The Hall–Kier alpha value is -2.47. The van der Waals surface area contributed by atoms with E-state index in [0.717, 1.165) is 40.1 Å². The van der Waals surface area contributed by atoms with Crippen LogP contribution >= 0.6 is 11.3 Å². The summed E-state index contributed by atoms with van der Waals surface area (Å²) in [6, 6.07) is 9.50. The smallest absolute Gasteiger partial charge is 0.226 e. The summed E-state index contributed by atoms with van der Waals surface area (Å²) in [4.78, 5) is 21.0. The van der Waals surface area contributed by atoms with Crippen LogP contribution in [0.4, 0.5) is 5.69 Å². The number of carbonyl (C=O) groups is 1. The number of hydrogen-bond donors (Lipinski definition) is 2. The minimum Gasteiger partial charge on any atom is -0.397 e. The van der Waals surface area contributed by atoms with Gasteiger partial charge in [-0.05, 0) is 25.5 Å². The Morgan fingerprint density at radius 3 is 2.92 bits per heavy atom. The van der Waals surface area contributed by atoms with Crippen molar-refractivity contribution in [2.45, 2.75) is 26.2 Å². The maximum absolute atomic E-state index is 12.1. The number of benzene rings is 1. The molecule has 24 heavy (non-hydrogen) atoms. The molecule has 1 aromatic carbocycles. The number of hydrogen-bond acceptors (Lipinski definition) is 5. The Balaban J connectivity index is 1.50. The average molecular weight is 340 g/mol. The zero-order valence-electron chi connectivity index (χ0n) is 13.6. The van der Waals surface area contributed by atoms with Gasteiger partial charge in [0.15, 0.2) is 0 Å². The van der Waals surface area contributed by atoms with Crippen molar-refractivity contribution in [2.75, 3.05) is 12.3 Å². The number of carbonyl (C=O) groups excluding carboxylic acids is 1. The first kappa shape index (κ1) is 16.4. The summed E-state index contributed by atoms with van der Waals surface area (Å²) in [5, 5.41) is 7.09. The van der Waals surface area contributed by atoms with E-state index in [0.29, 0.717) is 12.2 Å². The third-order valence-electron chi connectivity index (χ3n) is 3.71. The molecule has 0 fully saturated rings. The number of nitrogens with two attached hydrogens (primary N) is 1. The number of aromatic nitrogens is 2. The van der Waals surface area contributed by atoms with Crippen LogP contribution in [0.5, 0.6) is 0 Å². The average Bonchev–Trinajstić information content (AvgIpc) is 2.98. The molecule has 3 aromatic rings. The number of pyridine rings is 1. The van der Waals surface area contributed by atoms with Crippen LogP contribution in [-0.2, 0) is 17.6 Å². The Kier molecular flexibility index (Phi) is 5.05. The molecule has 0 saturated carbocycles. The van der Waals surface area contributed by atoms with Gasteiger partial charge < -0.3 is 11.1 Å². The molecule has 3 N–H and O–H groups in total. The lowest BCUT2D eigenvalue weighted by atomic mass is 10.1. The van der Waals surface area contributed by atoms with Crippen molar-refractivity contribution < 1.29 is 4.79 Å². The normalized spacial score (nSPS) is 10.9. The molecule has 0 aliphatic carbocycles. The van der Waals surface area contributed by atoms with E-state index in [1.54, 1.807) is 11.3 Å². The summed E-state index contributed by atoms with van der Waals surface area (Å²) in [5.41, 5.74) is 9.11. The van der Waals surface area contributed by atoms with Crippen molar-refractivity contribution in [1.29, 1.82) is 0 Å². The minimum absolute atomic E-state index is 0.0216. The maximum Gasteiger partial charge on any atom is 0.226 e. The number of nitrogens with one attached hydrogen (secondary N) is 1. The number of nitrogen functional groups attached to an aromatic ring is 1. The second-order valence-corrected chi connectivity index (χ2v) is 6.68. The van der Waals surface area contributed by atoms with E-state index in [-0.39, 0.29) is 12.3 Å². The number of anilines is 1. The van der Waals surface area contributed by atoms with E-state index >= 15 is 0 Å². The molecule has 6 heteroatoms. The molecule has 0 unspecified atom stereocenters. The van der Waals surface area contributed by atoms with E-state index in [9.17, 15) is 4.79 Å². The van der Waals surface area contributed by atoms with E-state index in [1.807, 2.05) is 42.6 Å². The van der Waals surface area contributed by atoms with Gasteiger partial charge in [-0.2, -0.15) is 0 Å². The van der Waals surface area contributed by atoms with E-state index < -0.39 is 0 Å². The maximum atomic E-state index is 12.1. The molecular weight excluding hydrogens is 320 g/mol. The zero-order valence-corrected chi connectivity index (χ0v) is 14.4. The first-order valence-corrected chi connectivity index (χ1v) is 8.81. The Bertz CT molecular complexity index is 859. The van der Waals surface area contributed by atoms with Crippen LogP contribution in [0.1, 0.15) is 22.8 Å². The third-order valence-corrected chi connectivity index (χ3v) is 4.73. The fraction of sp³-hybridized carbons (Fsp3) is 0.278. The highest BCUT2D eigenvalue weighted by Crippen LogP contribution is 2.19.